The average molecular weight is 1350 g/mol. The number of esters is 2. The normalized spacial score (nSPS) is 14.6. The van der Waals surface area contributed by atoms with Crippen LogP contribution in [0.25, 0.3) is 34.0 Å². The number of benzene rings is 2. The van der Waals surface area contributed by atoms with E-state index < -0.39 is 80.2 Å². The van der Waals surface area contributed by atoms with Crippen LogP contribution >= 0.6 is 11.6 Å². The molecule has 1 fully saturated rings. The van der Waals surface area contributed by atoms with Crippen LogP contribution < -0.4 is 14.9 Å². The van der Waals surface area contributed by atoms with E-state index in [0.717, 1.165) is 29.9 Å². The average Bonchev–Trinajstić information content (AvgIpc) is 1.63. The number of carbonyl (C=O) groups is 2. The fraction of sp³-hybridized carbons (Fsp3) is 0.562. The maximum Gasteiger partial charge on any atom is 0.494 e. The van der Waals surface area contributed by atoms with Gasteiger partial charge in [-0.25, -0.2) is 29.9 Å². The zero-order chi connectivity index (χ0) is 69.3. The highest BCUT2D eigenvalue weighted by molar-refractivity contribution is 6.76. The second-order valence-corrected chi connectivity index (χ2v) is 40.7. The Labute approximate surface area is 544 Å². The Morgan fingerprint density at radius 3 is 1.25 bits per heavy atom. The molecule has 0 spiro atoms. The van der Waals surface area contributed by atoms with Gasteiger partial charge in [-0.3, -0.25) is 9.59 Å². The van der Waals surface area contributed by atoms with Gasteiger partial charge in [-0.2, -0.15) is 26.3 Å². The van der Waals surface area contributed by atoms with Crippen LogP contribution in [0.3, 0.4) is 0 Å². The lowest BCUT2D eigenvalue weighted by Crippen LogP contribution is -2.41. The summed E-state index contributed by atoms with van der Waals surface area (Å²) in [5, 5.41) is 0.291. The molecule has 1 saturated heterocycles. The Bertz CT molecular complexity index is 3340. The second kappa shape index (κ2) is 30.0. The van der Waals surface area contributed by atoms with Crippen molar-refractivity contribution >= 4 is 52.3 Å². The van der Waals surface area contributed by atoms with E-state index in [-0.39, 0.29) is 56.1 Å². The summed E-state index contributed by atoms with van der Waals surface area (Å²) in [6.45, 7) is 40.2. The first-order valence-electron chi connectivity index (χ1n) is 30.1. The van der Waals surface area contributed by atoms with Crippen LogP contribution in [-0.4, -0.2) is 123 Å². The maximum absolute atomic E-state index is 13.4. The highest BCUT2D eigenvalue weighted by atomic mass is 35.5. The van der Waals surface area contributed by atoms with Gasteiger partial charge in [0, 0.05) is 58.4 Å². The van der Waals surface area contributed by atoms with Gasteiger partial charge in [-0.1, -0.05) is 99.4 Å². The summed E-state index contributed by atoms with van der Waals surface area (Å²) < 4.78 is 128. The van der Waals surface area contributed by atoms with Crippen LogP contribution in [0.2, 0.25) is 56.5 Å². The number of nitrogens with zero attached hydrogens (tertiary/aromatic N) is 8. The summed E-state index contributed by atoms with van der Waals surface area (Å²) in [6, 6.07) is 15.8. The summed E-state index contributed by atoms with van der Waals surface area (Å²) in [5.74, 6) is 0.252. The third-order valence-electron chi connectivity index (χ3n) is 14.0. The highest BCUT2D eigenvalue weighted by Crippen LogP contribution is 2.38. The Morgan fingerprint density at radius 1 is 0.543 bits per heavy atom. The van der Waals surface area contributed by atoms with Crippen molar-refractivity contribution in [3.63, 3.8) is 0 Å². The number of hydrogen-bond donors (Lipinski definition) is 0. The SMILES string of the molecule is CC(C)(C)OC(=O)C(C)(C)COc1cnc(-c2ccc(-c3nc(C(F)(F)F)cn3COCC[Si](C)(C)C)cc2)cn1.CC(C)(C)OC(=O)C(C)(C)COc1cnc(Cl)cn1.CC1(C)OB(c2ccc(-c3nc(C(F)(F)F)cn3COCC[Si](C)(C)C)cc2)OC1(C)C. The van der Waals surface area contributed by atoms with Crippen molar-refractivity contribution in [2.45, 2.75) is 197 Å². The van der Waals surface area contributed by atoms with Crippen molar-refractivity contribution in [3.05, 3.63) is 102 Å². The molecule has 0 amide bonds. The van der Waals surface area contributed by atoms with Crippen molar-refractivity contribution < 1.29 is 73.7 Å². The minimum atomic E-state index is -4.57. The monoisotopic (exact) mass is 1350 g/mol. The Hall–Kier alpha value is -6.23. The molecule has 0 bridgehead atoms. The van der Waals surface area contributed by atoms with E-state index >= 15 is 0 Å². The van der Waals surface area contributed by atoms with Gasteiger partial charge < -0.3 is 46.9 Å². The van der Waals surface area contributed by atoms with Gasteiger partial charge in [0.2, 0.25) is 11.8 Å². The van der Waals surface area contributed by atoms with Crippen LogP contribution in [0.1, 0.15) is 108 Å². The first kappa shape index (κ1) is 76.5. The van der Waals surface area contributed by atoms with E-state index in [2.05, 4.69) is 69.2 Å². The number of hydrogen-bond acceptors (Lipinski definition) is 16. The lowest BCUT2D eigenvalue weighted by molar-refractivity contribution is -0.168. The Morgan fingerprint density at radius 2 is 0.913 bits per heavy atom. The molecule has 506 valence electrons. The van der Waals surface area contributed by atoms with Crippen LogP contribution in [0.4, 0.5) is 26.3 Å². The van der Waals surface area contributed by atoms with Crippen molar-refractivity contribution in [1.29, 1.82) is 0 Å². The molecular formula is C64H90BClF6N8O10Si2. The van der Waals surface area contributed by atoms with Crippen molar-refractivity contribution in [3.8, 4) is 45.8 Å². The van der Waals surface area contributed by atoms with Gasteiger partial charge in [0.1, 0.15) is 54.7 Å². The summed E-state index contributed by atoms with van der Waals surface area (Å²) in [4.78, 5) is 48.6. The van der Waals surface area contributed by atoms with E-state index in [1.165, 1.54) is 33.9 Å². The molecule has 0 N–H and O–H groups in total. The molecule has 1 aliphatic rings. The Balaban J connectivity index is 0.000000267. The summed E-state index contributed by atoms with van der Waals surface area (Å²) in [5.41, 5.74) is -2.50. The first-order chi connectivity index (χ1) is 42.0. The van der Waals surface area contributed by atoms with E-state index in [1.807, 2.05) is 48.5 Å². The van der Waals surface area contributed by atoms with Crippen LogP contribution in [0.5, 0.6) is 11.8 Å². The molecule has 18 nitrogen and oxygen atoms in total. The van der Waals surface area contributed by atoms with Gasteiger partial charge in [-0.15, -0.1) is 0 Å². The number of aromatic nitrogens is 8. The Kier molecular flexibility index (Phi) is 25.0. The van der Waals surface area contributed by atoms with Crippen molar-refractivity contribution in [2.24, 2.45) is 10.8 Å². The van der Waals surface area contributed by atoms with E-state index in [9.17, 15) is 35.9 Å². The van der Waals surface area contributed by atoms with Crippen LogP contribution in [0.15, 0.2) is 85.7 Å². The standard InChI is InChI=1S/C29H39F3N4O4Si.C22H32BF3N2O3Si.C13H19ClN2O3/c1-27(2,3)40-26(37)28(4,5)18-39-24-16-33-22(15-34-24)20-9-11-21(12-10-20)25-35-23(29(30,31)32)17-36(25)19-38-13-14-41(6,7)8;1-20(2)21(3,4)31-23(30-20)17-10-8-16(9-11-17)19-27-18(22(24,25)26)14-28(19)15-29-12-13-32(5,6)7;1-12(2,3)19-11(17)13(4,5)8-18-10-7-15-9(14)6-16-10/h9-12,15-17H,13-14,18-19H2,1-8H3;8-11,14H,12-13,15H2,1-7H3;6-7H,8H2,1-5H3. The lowest BCUT2D eigenvalue weighted by atomic mass is 9.79. The fourth-order valence-corrected chi connectivity index (χ4v) is 9.39. The number of rotatable bonds is 22. The lowest BCUT2D eigenvalue weighted by Gasteiger charge is -2.32. The summed E-state index contributed by atoms with van der Waals surface area (Å²) >= 11 is 5.62. The zero-order valence-corrected chi connectivity index (χ0v) is 59.4. The molecular weight excluding hydrogens is 1260 g/mol. The topological polar surface area (TPSA) is 195 Å². The van der Waals surface area contributed by atoms with E-state index in [4.69, 9.17) is 49.3 Å². The molecule has 2 aromatic carbocycles. The molecule has 0 atom stereocenters. The van der Waals surface area contributed by atoms with Crippen LogP contribution in [0, 0.1) is 10.8 Å². The first-order valence-corrected chi connectivity index (χ1v) is 37.9. The van der Waals surface area contributed by atoms with Gasteiger partial charge in [0.15, 0.2) is 11.4 Å². The van der Waals surface area contributed by atoms with Gasteiger partial charge >= 0.3 is 31.4 Å². The fourth-order valence-electron chi connectivity index (χ4n) is 7.78. The quantitative estimate of drug-likeness (QED) is 0.0269. The molecule has 92 heavy (non-hydrogen) atoms. The number of ether oxygens (including phenoxy) is 6. The highest BCUT2D eigenvalue weighted by Gasteiger charge is 2.52. The van der Waals surface area contributed by atoms with E-state index in [0.29, 0.717) is 46.6 Å². The second-order valence-electron chi connectivity index (χ2n) is 29.1. The molecule has 5 heterocycles. The molecule has 0 aliphatic carbocycles. The summed E-state index contributed by atoms with van der Waals surface area (Å²) in [7, 11) is -3.16. The number of carbonyl (C=O) groups excluding carboxylic acids is 2. The minimum Gasteiger partial charge on any atom is -0.475 e. The summed E-state index contributed by atoms with van der Waals surface area (Å²) in [6.07, 6.45) is -1.34. The maximum atomic E-state index is 13.4. The molecule has 4 aromatic heterocycles. The molecule has 0 saturated carbocycles. The van der Waals surface area contributed by atoms with Crippen LogP contribution in [-0.2, 0) is 63.7 Å². The third kappa shape index (κ3) is 24.0. The third-order valence-corrected chi connectivity index (χ3v) is 17.6. The molecule has 28 heteroatoms. The van der Waals surface area contributed by atoms with Gasteiger partial charge in [-0.05, 0) is 114 Å². The van der Waals surface area contributed by atoms with Gasteiger partial charge in [0.05, 0.1) is 52.5 Å². The van der Waals surface area contributed by atoms with Gasteiger partial charge in [0.25, 0.3) is 0 Å². The number of alkyl halides is 6. The minimum absolute atomic E-state index is 0.0157. The van der Waals surface area contributed by atoms with Crippen molar-refractivity contribution in [2.75, 3.05) is 26.4 Å². The predicted molar refractivity (Wildman–Crippen MR) is 348 cm³/mol. The van der Waals surface area contributed by atoms with Crippen molar-refractivity contribution in [1.82, 2.24) is 39.0 Å². The largest absolute Gasteiger partial charge is 0.494 e. The molecule has 0 radical (unpaired) electrons. The number of halogens is 7. The predicted octanol–water partition coefficient (Wildman–Crippen LogP) is 15.1. The number of imidazole rings is 2. The zero-order valence-electron chi connectivity index (χ0n) is 56.6. The van der Waals surface area contributed by atoms with E-state index in [1.54, 1.807) is 97.0 Å². The molecule has 1 aliphatic heterocycles. The smallest absolute Gasteiger partial charge is 0.475 e. The molecule has 0 unspecified atom stereocenters. The molecule has 6 aromatic rings. The molecule has 7 rings (SSSR count).